The molecule has 1 atom stereocenters. The third-order valence-electron chi connectivity index (χ3n) is 9.02. The van der Waals surface area contributed by atoms with E-state index in [0.717, 1.165) is 30.2 Å². The minimum Gasteiger partial charge on any atom is -0.506 e. The SMILES string of the molecule is C/C=C/CCCCCCCCCCCCCCCC(CC(=O)Nc1ccc(CCNC(=O)c2ccc3ccccc3c2O)cc1)C(=O)O. The molecule has 2 amide bonds. The van der Waals surface area contributed by atoms with Gasteiger partial charge in [0.25, 0.3) is 5.91 Å². The molecule has 48 heavy (non-hydrogen) atoms. The van der Waals surface area contributed by atoms with Crippen molar-refractivity contribution in [1.29, 1.82) is 0 Å². The lowest BCUT2D eigenvalue weighted by atomic mass is 9.96. The van der Waals surface area contributed by atoms with E-state index in [1.807, 2.05) is 36.4 Å². The summed E-state index contributed by atoms with van der Waals surface area (Å²) in [7, 11) is 0. The maximum atomic E-state index is 12.7. The highest BCUT2D eigenvalue weighted by atomic mass is 16.4. The van der Waals surface area contributed by atoms with E-state index in [-0.39, 0.29) is 29.5 Å². The Morgan fingerprint density at radius 3 is 1.98 bits per heavy atom. The summed E-state index contributed by atoms with van der Waals surface area (Å²) in [5, 5.41) is 27.4. The van der Waals surface area contributed by atoms with E-state index in [9.17, 15) is 24.6 Å². The number of carbonyl (C=O) groups is 3. The maximum Gasteiger partial charge on any atom is 0.307 e. The van der Waals surface area contributed by atoms with Gasteiger partial charge in [0.1, 0.15) is 5.75 Å². The summed E-state index contributed by atoms with van der Waals surface area (Å²) in [6.07, 6.45) is 22.7. The Hall–Kier alpha value is -4.13. The molecule has 7 heteroatoms. The third kappa shape index (κ3) is 14.3. The van der Waals surface area contributed by atoms with Gasteiger partial charge in [0.15, 0.2) is 0 Å². The van der Waals surface area contributed by atoms with Crippen molar-refractivity contribution in [1.82, 2.24) is 5.32 Å². The van der Waals surface area contributed by atoms with Crippen LogP contribution in [0.15, 0.2) is 72.8 Å². The number of amides is 2. The van der Waals surface area contributed by atoms with E-state index >= 15 is 0 Å². The molecule has 4 N–H and O–H groups in total. The van der Waals surface area contributed by atoms with E-state index in [0.29, 0.717) is 30.5 Å². The molecule has 260 valence electrons. The summed E-state index contributed by atoms with van der Waals surface area (Å²) in [6.45, 7) is 2.47. The summed E-state index contributed by atoms with van der Waals surface area (Å²) < 4.78 is 0. The van der Waals surface area contributed by atoms with Crippen LogP contribution < -0.4 is 10.6 Å². The topological polar surface area (TPSA) is 116 Å². The normalized spacial score (nSPS) is 11.9. The fraction of sp³-hybridized carbons (Fsp3) is 0.488. The molecule has 0 spiro atoms. The van der Waals surface area contributed by atoms with Crippen molar-refractivity contribution < 1.29 is 24.6 Å². The van der Waals surface area contributed by atoms with Crippen molar-refractivity contribution in [2.75, 3.05) is 11.9 Å². The molecule has 3 rings (SSSR count). The molecule has 7 nitrogen and oxygen atoms in total. The number of anilines is 1. The Labute approximate surface area is 287 Å². The number of aromatic hydroxyl groups is 1. The van der Waals surface area contributed by atoms with Crippen molar-refractivity contribution in [2.45, 2.75) is 116 Å². The van der Waals surface area contributed by atoms with Crippen LogP contribution in [0.2, 0.25) is 0 Å². The van der Waals surface area contributed by atoms with Crippen molar-refractivity contribution in [3.05, 3.63) is 83.9 Å². The molecule has 0 radical (unpaired) electrons. The average Bonchev–Trinajstić information content (AvgIpc) is 3.08. The van der Waals surface area contributed by atoms with Gasteiger partial charge in [-0.15, -0.1) is 0 Å². The predicted octanol–water partition coefficient (Wildman–Crippen LogP) is 9.97. The molecule has 0 aliphatic heterocycles. The molecule has 1 unspecified atom stereocenters. The van der Waals surface area contributed by atoms with Crippen LogP contribution in [-0.2, 0) is 16.0 Å². The number of rotatable bonds is 24. The fourth-order valence-electron chi connectivity index (χ4n) is 6.12. The zero-order valence-electron chi connectivity index (χ0n) is 28.9. The first-order chi connectivity index (χ1) is 23.4. The minimum atomic E-state index is -0.919. The number of allylic oxidation sites excluding steroid dienone is 2. The van der Waals surface area contributed by atoms with Gasteiger partial charge in [0, 0.05) is 24.0 Å². The molecule has 3 aromatic rings. The lowest BCUT2D eigenvalue weighted by Crippen LogP contribution is -2.25. The van der Waals surface area contributed by atoms with E-state index in [2.05, 4.69) is 29.7 Å². The van der Waals surface area contributed by atoms with E-state index in [1.165, 1.54) is 70.6 Å². The van der Waals surface area contributed by atoms with E-state index < -0.39 is 11.9 Å². The van der Waals surface area contributed by atoms with Gasteiger partial charge in [-0.1, -0.05) is 132 Å². The molecular formula is C41H56N2O5. The average molecular weight is 657 g/mol. The highest BCUT2D eigenvalue weighted by Gasteiger charge is 2.21. The molecule has 0 aliphatic carbocycles. The van der Waals surface area contributed by atoms with Crippen molar-refractivity contribution >= 4 is 34.2 Å². The Bertz CT molecular complexity index is 1430. The summed E-state index contributed by atoms with van der Waals surface area (Å²) >= 11 is 0. The molecule has 0 saturated heterocycles. The van der Waals surface area contributed by atoms with Crippen LogP contribution in [0, 0.1) is 5.92 Å². The molecule has 0 saturated carbocycles. The van der Waals surface area contributed by atoms with Gasteiger partial charge < -0.3 is 20.8 Å². The molecule has 0 bridgehead atoms. The summed E-state index contributed by atoms with van der Waals surface area (Å²) in [6, 6.07) is 18.1. The van der Waals surface area contributed by atoms with Crippen LogP contribution in [0.4, 0.5) is 5.69 Å². The van der Waals surface area contributed by atoms with Gasteiger partial charge in [0.2, 0.25) is 5.91 Å². The number of phenolic OH excluding ortho intramolecular Hbond substituents is 1. The third-order valence-corrected chi connectivity index (χ3v) is 9.02. The van der Waals surface area contributed by atoms with Gasteiger partial charge in [-0.05, 0) is 61.8 Å². The van der Waals surface area contributed by atoms with Crippen LogP contribution in [0.5, 0.6) is 5.75 Å². The quantitative estimate of drug-likeness (QED) is 0.0566. The first-order valence-corrected chi connectivity index (χ1v) is 18.1. The van der Waals surface area contributed by atoms with Crippen molar-refractivity contribution in [3.8, 4) is 5.75 Å². The molecule has 0 aliphatic rings. The number of nitrogens with one attached hydrogen (secondary N) is 2. The van der Waals surface area contributed by atoms with Crippen molar-refractivity contribution in [3.63, 3.8) is 0 Å². The number of carboxylic acids is 1. The number of fused-ring (bicyclic) bond motifs is 1. The highest BCUT2D eigenvalue weighted by molar-refractivity contribution is 6.03. The van der Waals surface area contributed by atoms with Gasteiger partial charge in [-0.2, -0.15) is 0 Å². The maximum absolute atomic E-state index is 12.7. The van der Waals surface area contributed by atoms with Crippen LogP contribution >= 0.6 is 0 Å². The number of aliphatic carboxylic acids is 1. The Morgan fingerprint density at radius 2 is 1.35 bits per heavy atom. The van der Waals surface area contributed by atoms with Gasteiger partial charge in [-0.3, -0.25) is 14.4 Å². The van der Waals surface area contributed by atoms with Gasteiger partial charge in [0.05, 0.1) is 11.5 Å². The largest absolute Gasteiger partial charge is 0.506 e. The summed E-state index contributed by atoms with van der Waals surface area (Å²) in [5.74, 6) is -2.27. The second kappa shape index (κ2) is 22.4. The molecular weight excluding hydrogens is 600 g/mol. The first-order valence-electron chi connectivity index (χ1n) is 18.1. The first kappa shape index (κ1) is 38.3. The Kier molecular flexibility index (Phi) is 17.9. The number of carboxylic acid groups (broad SMARTS) is 1. The minimum absolute atomic E-state index is 0.0281. The zero-order valence-corrected chi connectivity index (χ0v) is 28.9. The molecule has 3 aromatic carbocycles. The number of hydrogen-bond donors (Lipinski definition) is 4. The lowest BCUT2D eigenvalue weighted by Gasteiger charge is -2.13. The monoisotopic (exact) mass is 656 g/mol. The predicted molar refractivity (Wildman–Crippen MR) is 197 cm³/mol. The van der Waals surface area contributed by atoms with E-state index in [4.69, 9.17) is 0 Å². The Morgan fingerprint density at radius 1 is 0.750 bits per heavy atom. The molecule has 0 fully saturated rings. The standard InChI is InChI=1S/C41H56N2O5/c1-2-3-4-5-6-7-8-9-10-11-12-13-14-15-16-17-21-34(41(47)48)31-38(44)43-35-26-23-32(24-27-35)29-30-42-40(46)37-28-25-33-20-18-19-22-36(33)39(37)45/h2-3,18-20,22-28,34,45H,4-17,21,29-31H2,1H3,(H,42,46)(H,43,44)(H,47,48)/b3-2+. The second-order valence-electron chi connectivity index (χ2n) is 12.9. The summed E-state index contributed by atoms with van der Waals surface area (Å²) in [4.78, 5) is 37.1. The van der Waals surface area contributed by atoms with Crippen LogP contribution in [-0.4, -0.2) is 34.5 Å². The number of unbranched alkanes of at least 4 members (excludes halogenated alkanes) is 13. The Balaban J connectivity index is 1.25. The van der Waals surface area contributed by atoms with Crippen molar-refractivity contribution in [2.24, 2.45) is 5.92 Å². The lowest BCUT2D eigenvalue weighted by molar-refractivity contribution is -0.143. The van der Waals surface area contributed by atoms with Crippen LogP contribution in [0.1, 0.15) is 126 Å². The molecule has 0 aromatic heterocycles. The van der Waals surface area contributed by atoms with Gasteiger partial charge >= 0.3 is 5.97 Å². The van der Waals surface area contributed by atoms with Gasteiger partial charge in [-0.25, -0.2) is 0 Å². The number of hydrogen-bond acceptors (Lipinski definition) is 4. The number of phenols is 1. The fourth-order valence-corrected chi connectivity index (χ4v) is 6.12. The second-order valence-corrected chi connectivity index (χ2v) is 12.9. The highest BCUT2D eigenvalue weighted by Crippen LogP contribution is 2.28. The number of carbonyl (C=O) groups excluding carboxylic acids is 2. The smallest absolute Gasteiger partial charge is 0.307 e. The van der Waals surface area contributed by atoms with Crippen LogP contribution in [0.25, 0.3) is 10.8 Å². The van der Waals surface area contributed by atoms with Crippen LogP contribution in [0.3, 0.4) is 0 Å². The van der Waals surface area contributed by atoms with E-state index in [1.54, 1.807) is 24.3 Å². The zero-order chi connectivity index (χ0) is 34.4. The number of benzene rings is 3. The molecule has 0 heterocycles. The summed E-state index contributed by atoms with van der Waals surface area (Å²) in [5.41, 5.74) is 1.82.